The number of rotatable bonds is 11. The molecule has 1 aromatic rings. The molecule has 6 N–H and O–H groups in total. The van der Waals surface area contributed by atoms with Gasteiger partial charge in [0.1, 0.15) is 24.5 Å². The Morgan fingerprint density at radius 2 is 1.97 bits per heavy atom. The maximum absolute atomic E-state index is 12.5. The van der Waals surface area contributed by atoms with Gasteiger partial charge in [0, 0.05) is 24.1 Å². The predicted octanol–water partition coefficient (Wildman–Crippen LogP) is -1.27. The van der Waals surface area contributed by atoms with E-state index in [4.69, 9.17) is 24.1 Å². The standard InChI is InChI=1S/C17H26N6O14P2/c1-8(24)20-13-15(27)14(26)10(6-19-22-18)35-16(13)36-39(31,32)37-38(29,30)33-7-9-2-3-12(34-9)23-5-4-11(25)21-17(23)28/h4-5,9-10,12-16,26-27H,2-3,6-7H2,1H3,(H,20,24)(H,29,30)(H,31,32)(H,21,25,28)/t9-,10?,12+,13?,14?,15?,16?/m0/s1. The molecule has 2 saturated heterocycles. The smallest absolute Gasteiger partial charge is 0.388 e. The number of ether oxygens (including phenoxy) is 2. The van der Waals surface area contributed by atoms with Crippen LogP contribution in [0.2, 0.25) is 0 Å². The summed E-state index contributed by atoms with van der Waals surface area (Å²) in [6.07, 6.45) is -6.97. The van der Waals surface area contributed by atoms with E-state index in [-0.39, 0.29) is 12.8 Å². The highest BCUT2D eigenvalue weighted by molar-refractivity contribution is 7.61. The van der Waals surface area contributed by atoms with Crippen molar-refractivity contribution in [3.8, 4) is 0 Å². The molecule has 0 radical (unpaired) electrons. The van der Waals surface area contributed by atoms with Crippen LogP contribution in [0, 0.1) is 0 Å². The Hall–Kier alpha value is -2.44. The number of aliphatic hydroxyl groups excluding tert-OH is 2. The SMILES string of the molecule is CC(=O)NC1C(OP(=O)(O)OP(=O)(O)OC[C@@H]2CC[C@H](n3ccc(=O)[nH]c3=O)O2)OC(CN=[N+]=[N-])C(O)C1O. The Kier molecular flexibility index (Phi) is 10.2. The Morgan fingerprint density at radius 1 is 1.26 bits per heavy atom. The van der Waals surface area contributed by atoms with Gasteiger partial charge in [0.05, 0.1) is 25.4 Å². The fourth-order valence-electron chi connectivity index (χ4n) is 3.83. The number of aromatic amines is 1. The normalized spacial score (nSPS) is 32.0. The fraction of sp³-hybridized carbons (Fsp3) is 0.706. The molecular formula is C17H26N6O14P2. The van der Waals surface area contributed by atoms with Crippen LogP contribution in [0.3, 0.4) is 0 Å². The van der Waals surface area contributed by atoms with E-state index in [0.29, 0.717) is 0 Å². The Morgan fingerprint density at radius 3 is 2.62 bits per heavy atom. The largest absolute Gasteiger partial charge is 0.483 e. The Labute approximate surface area is 218 Å². The lowest BCUT2D eigenvalue weighted by Crippen LogP contribution is -2.64. The van der Waals surface area contributed by atoms with Gasteiger partial charge in [0.25, 0.3) is 5.56 Å². The minimum absolute atomic E-state index is 0.241. The highest BCUT2D eigenvalue weighted by Gasteiger charge is 2.49. The molecule has 7 unspecified atom stereocenters. The van der Waals surface area contributed by atoms with Crippen LogP contribution in [0.1, 0.15) is 26.0 Å². The first-order valence-corrected chi connectivity index (χ1v) is 14.2. The van der Waals surface area contributed by atoms with Crippen LogP contribution in [-0.2, 0) is 36.8 Å². The van der Waals surface area contributed by atoms with Crippen LogP contribution in [0.4, 0.5) is 0 Å². The molecule has 20 nitrogen and oxygen atoms in total. The number of hydrogen-bond donors (Lipinski definition) is 6. The average molecular weight is 600 g/mol. The molecule has 3 rings (SSSR count). The van der Waals surface area contributed by atoms with Crippen molar-refractivity contribution in [3.63, 3.8) is 0 Å². The lowest BCUT2D eigenvalue weighted by Gasteiger charge is -2.42. The monoisotopic (exact) mass is 600 g/mol. The van der Waals surface area contributed by atoms with Crippen LogP contribution < -0.4 is 16.6 Å². The lowest BCUT2D eigenvalue weighted by atomic mass is 9.97. The minimum atomic E-state index is -5.52. The first kappa shape index (κ1) is 31.1. The van der Waals surface area contributed by atoms with Crippen LogP contribution in [-0.4, -0.2) is 85.4 Å². The first-order chi connectivity index (χ1) is 18.2. The molecule has 39 heavy (non-hydrogen) atoms. The summed E-state index contributed by atoms with van der Waals surface area (Å²) in [4.78, 5) is 59.2. The third-order valence-electron chi connectivity index (χ3n) is 5.51. The number of amides is 1. The molecular weight excluding hydrogens is 574 g/mol. The van der Waals surface area contributed by atoms with Crippen LogP contribution in [0.25, 0.3) is 10.4 Å². The topological polar surface area (TPSA) is 294 Å². The zero-order valence-electron chi connectivity index (χ0n) is 20.1. The van der Waals surface area contributed by atoms with Gasteiger partial charge in [-0.15, -0.1) is 0 Å². The van der Waals surface area contributed by atoms with Gasteiger partial charge in [-0.05, 0) is 18.4 Å². The molecule has 2 aliphatic heterocycles. The van der Waals surface area contributed by atoms with Crippen molar-refractivity contribution in [3.05, 3.63) is 43.5 Å². The number of phosphoric ester groups is 2. The summed E-state index contributed by atoms with van der Waals surface area (Å²) in [5.74, 6) is -0.763. The van der Waals surface area contributed by atoms with Crippen molar-refractivity contribution in [2.75, 3.05) is 13.2 Å². The number of carbonyl (C=O) groups excluding carboxylic acids is 1. The summed E-state index contributed by atoms with van der Waals surface area (Å²) in [6, 6.07) is -0.545. The third kappa shape index (κ3) is 8.52. The van der Waals surface area contributed by atoms with Gasteiger partial charge in [0.2, 0.25) is 5.91 Å². The van der Waals surface area contributed by atoms with E-state index >= 15 is 0 Å². The van der Waals surface area contributed by atoms with Gasteiger partial charge in [-0.25, -0.2) is 13.9 Å². The molecule has 9 atom stereocenters. The molecule has 0 spiro atoms. The van der Waals surface area contributed by atoms with Crippen LogP contribution >= 0.6 is 15.6 Å². The third-order valence-corrected chi connectivity index (χ3v) is 8.11. The number of H-pyrrole nitrogens is 1. The summed E-state index contributed by atoms with van der Waals surface area (Å²) in [5.41, 5.74) is 7.14. The lowest BCUT2D eigenvalue weighted by molar-refractivity contribution is -0.238. The number of nitrogens with one attached hydrogen (secondary N) is 2. The molecule has 2 fully saturated rings. The zero-order chi connectivity index (χ0) is 29.0. The zero-order valence-corrected chi connectivity index (χ0v) is 21.9. The van der Waals surface area contributed by atoms with E-state index in [1.54, 1.807) is 0 Å². The number of azide groups is 1. The van der Waals surface area contributed by atoms with Gasteiger partial charge in [0.15, 0.2) is 6.29 Å². The van der Waals surface area contributed by atoms with Crippen LogP contribution in [0.5, 0.6) is 0 Å². The van der Waals surface area contributed by atoms with Crippen molar-refractivity contribution in [1.29, 1.82) is 0 Å². The number of phosphoric acid groups is 2. The van der Waals surface area contributed by atoms with Gasteiger partial charge >= 0.3 is 21.3 Å². The van der Waals surface area contributed by atoms with E-state index in [0.717, 1.165) is 17.6 Å². The molecule has 3 heterocycles. The Bertz CT molecular complexity index is 1300. The minimum Gasteiger partial charge on any atom is -0.388 e. The molecule has 218 valence electrons. The van der Waals surface area contributed by atoms with Gasteiger partial charge in [-0.1, -0.05) is 5.11 Å². The van der Waals surface area contributed by atoms with E-state index in [2.05, 4.69) is 24.6 Å². The van der Waals surface area contributed by atoms with Crippen LogP contribution in [0.15, 0.2) is 27.0 Å². The molecule has 0 saturated carbocycles. The number of carbonyl (C=O) groups is 1. The average Bonchev–Trinajstić information content (AvgIpc) is 3.29. The highest BCUT2D eigenvalue weighted by Crippen LogP contribution is 2.61. The second kappa shape index (κ2) is 12.8. The second-order valence-electron chi connectivity index (χ2n) is 8.39. The molecule has 0 aromatic carbocycles. The number of hydrogen-bond acceptors (Lipinski definition) is 13. The molecule has 22 heteroatoms. The molecule has 1 amide bonds. The molecule has 1 aromatic heterocycles. The predicted molar refractivity (Wildman–Crippen MR) is 125 cm³/mol. The maximum Gasteiger partial charge on any atom is 0.483 e. The summed E-state index contributed by atoms with van der Waals surface area (Å²) >= 11 is 0. The number of aromatic nitrogens is 2. The van der Waals surface area contributed by atoms with Crippen molar-refractivity contribution >= 4 is 21.6 Å². The highest BCUT2D eigenvalue weighted by atomic mass is 31.3. The fourth-order valence-corrected chi connectivity index (χ4v) is 6.01. The maximum atomic E-state index is 12.5. The van der Waals surface area contributed by atoms with Gasteiger partial charge in [-0.3, -0.25) is 28.2 Å². The second-order valence-corrected chi connectivity index (χ2v) is 11.4. The van der Waals surface area contributed by atoms with Gasteiger partial charge < -0.3 is 34.8 Å². The van der Waals surface area contributed by atoms with E-state index in [1.807, 2.05) is 0 Å². The van der Waals surface area contributed by atoms with E-state index < -0.39 is 88.9 Å². The summed E-state index contributed by atoms with van der Waals surface area (Å²) in [6.45, 7) is -0.140. The summed E-state index contributed by atoms with van der Waals surface area (Å²) in [7, 11) is -10.8. The van der Waals surface area contributed by atoms with Gasteiger partial charge in [-0.2, -0.15) is 4.31 Å². The quantitative estimate of drug-likeness (QED) is 0.0747. The van der Waals surface area contributed by atoms with E-state index in [9.17, 15) is 43.5 Å². The molecule has 2 aliphatic rings. The number of nitrogens with zero attached hydrogens (tertiary/aromatic N) is 4. The molecule has 0 aliphatic carbocycles. The Balaban J connectivity index is 1.62. The number of aliphatic hydroxyl groups is 2. The van der Waals surface area contributed by atoms with E-state index in [1.165, 1.54) is 6.20 Å². The summed E-state index contributed by atoms with van der Waals surface area (Å²) in [5, 5.41) is 25.8. The molecule has 0 bridgehead atoms. The first-order valence-electron chi connectivity index (χ1n) is 11.2. The van der Waals surface area contributed by atoms with Crippen molar-refractivity contribution in [1.82, 2.24) is 14.9 Å². The van der Waals surface area contributed by atoms with Crippen molar-refractivity contribution in [2.45, 2.75) is 62.7 Å². The van der Waals surface area contributed by atoms with Crippen molar-refractivity contribution in [2.24, 2.45) is 5.11 Å². The summed E-state index contributed by atoms with van der Waals surface area (Å²) < 4.78 is 50.5. The van der Waals surface area contributed by atoms with Crippen molar-refractivity contribution < 1.29 is 56.8 Å².